The number of hydrogen-bond acceptors (Lipinski definition) is 2. The predicted molar refractivity (Wildman–Crippen MR) is 86.5 cm³/mol. The van der Waals surface area contributed by atoms with Gasteiger partial charge in [0.15, 0.2) is 0 Å². The van der Waals surface area contributed by atoms with Crippen molar-refractivity contribution < 1.29 is 4.79 Å². The standard InChI is InChI=1S/C17H23ClN2O/c18-15-13(5-4-6-14(15)19)16(21)20-11-9-17(10-12-20)7-2-1-3-8-17/h4-6H,1-3,7-12,19H2. The van der Waals surface area contributed by atoms with Crippen LogP contribution in [0.4, 0.5) is 5.69 Å². The molecule has 0 bridgehead atoms. The van der Waals surface area contributed by atoms with E-state index in [0.717, 1.165) is 25.9 Å². The van der Waals surface area contributed by atoms with E-state index >= 15 is 0 Å². The number of nitrogens with two attached hydrogens (primary N) is 1. The summed E-state index contributed by atoms with van der Waals surface area (Å²) in [5.74, 6) is 0.0259. The molecule has 1 aliphatic heterocycles. The van der Waals surface area contributed by atoms with Gasteiger partial charge in [0.1, 0.15) is 0 Å². The Hall–Kier alpha value is -1.22. The molecule has 3 rings (SSSR count). The fraction of sp³-hybridized carbons (Fsp3) is 0.588. The average molecular weight is 307 g/mol. The molecule has 0 aromatic heterocycles. The van der Waals surface area contributed by atoms with Gasteiger partial charge in [-0.05, 0) is 43.2 Å². The van der Waals surface area contributed by atoms with Crippen molar-refractivity contribution in [1.82, 2.24) is 4.90 Å². The summed E-state index contributed by atoms with van der Waals surface area (Å²) >= 11 is 6.18. The number of carbonyl (C=O) groups is 1. The molecule has 0 radical (unpaired) electrons. The van der Waals surface area contributed by atoms with Crippen molar-refractivity contribution in [1.29, 1.82) is 0 Å². The molecular weight excluding hydrogens is 284 g/mol. The molecule has 1 saturated heterocycles. The maximum atomic E-state index is 12.6. The summed E-state index contributed by atoms with van der Waals surface area (Å²) in [6.07, 6.45) is 9.05. The van der Waals surface area contributed by atoms with Gasteiger partial charge in [0.25, 0.3) is 5.91 Å². The Bertz CT molecular complexity index is 528. The summed E-state index contributed by atoms with van der Waals surface area (Å²) < 4.78 is 0. The lowest BCUT2D eigenvalue weighted by molar-refractivity contribution is 0.0472. The Morgan fingerprint density at radius 3 is 2.43 bits per heavy atom. The highest BCUT2D eigenvalue weighted by Gasteiger charge is 2.37. The molecule has 2 fully saturated rings. The number of nitrogens with zero attached hydrogens (tertiary/aromatic N) is 1. The van der Waals surface area contributed by atoms with Crippen LogP contribution < -0.4 is 5.73 Å². The van der Waals surface area contributed by atoms with Gasteiger partial charge in [0.2, 0.25) is 0 Å². The van der Waals surface area contributed by atoms with Gasteiger partial charge >= 0.3 is 0 Å². The SMILES string of the molecule is Nc1cccc(C(=O)N2CCC3(CCCCC3)CC2)c1Cl. The van der Waals surface area contributed by atoms with E-state index < -0.39 is 0 Å². The molecule has 2 aliphatic rings. The second kappa shape index (κ2) is 5.88. The molecule has 114 valence electrons. The number of anilines is 1. The Kier molecular flexibility index (Phi) is 4.12. The van der Waals surface area contributed by atoms with E-state index in [1.165, 1.54) is 32.1 Å². The summed E-state index contributed by atoms with van der Waals surface area (Å²) in [5.41, 5.74) is 7.32. The molecule has 1 spiro atoms. The van der Waals surface area contributed by atoms with E-state index in [4.69, 9.17) is 17.3 Å². The normalized spacial score (nSPS) is 21.5. The van der Waals surface area contributed by atoms with Gasteiger partial charge in [0, 0.05) is 13.1 Å². The van der Waals surface area contributed by atoms with Gasteiger partial charge in [0.05, 0.1) is 16.3 Å². The molecule has 1 amide bonds. The van der Waals surface area contributed by atoms with Gasteiger partial charge in [-0.3, -0.25) is 4.79 Å². The molecule has 1 saturated carbocycles. The maximum Gasteiger partial charge on any atom is 0.255 e. The van der Waals surface area contributed by atoms with Crippen molar-refractivity contribution in [2.24, 2.45) is 5.41 Å². The van der Waals surface area contributed by atoms with Crippen LogP contribution in [0.15, 0.2) is 18.2 Å². The number of hydrogen-bond donors (Lipinski definition) is 1. The third-order valence-electron chi connectivity index (χ3n) is 5.28. The first-order chi connectivity index (χ1) is 10.1. The summed E-state index contributed by atoms with van der Waals surface area (Å²) in [5, 5.41) is 0.389. The molecule has 1 aliphatic carbocycles. The quantitative estimate of drug-likeness (QED) is 0.794. The Balaban J connectivity index is 1.69. The Labute approximate surface area is 131 Å². The van der Waals surface area contributed by atoms with Crippen LogP contribution in [0.1, 0.15) is 55.3 Å². The zero-order chi connectivity index (χ0) is 14.9. The first kappa shape index (κ1) is 14.7. The lowest BCUT2D eigenvalue weighted by Crippen LogP contribution is -2.44. The lowest BCUT2D eigenvalue weighted by atomic mass is 9.68. The molecule has 1 aromatic carbocycles. The van der Waals surface area contributed by atoms with Crippen LogP contribution in [0.3, 0.4) is 0 Å². The fourth-order valence-electron chi connectivity index (χ4n) is 3.87. The zero-order valence-corrected chi connectivity index (χ0v) is 13.2. The molecule has 4 heteroatoms. The number of likely N-dealkylation sites (tertiary alicyclic amines) is 1. The second-order valence-electron chi connectivity index (χ2n) is 6.56. The van der Waals surface area contributed by atoms with E-state index in [9.17, 15) is 4.79 Å². The van der Waals surface area contributed by atoms with Crippen molar-refractivity contribution in [2.75, 3.05) is 18.8 Å². The monoisotopic (exact) mass is 306 g/mol. The van der Waals surface area contributed by atoms with Crippen molar-refractivity contribution in [2.45, 2.75) is 44.9 Å². The first-order valence-corrected chi connectivity index (χ1v) is 8.32. The van der Waals surface area contributed by atoms with Crippen LogP contribution in [0.5, 0.6) is 0 Å². The van der Waals surface area contributed by atoms with Crippen molar-refractivity contribution in [3.8, 4) is 0 Å². The van der Waals surface area contributed by atoms with Gasteiger partial charge in [-0.1, -0.05) is 36.9 Å². The maximum absolute atomic E-state index is 12.6. The third kappa shape index (κ3) is 2.89. The van der Waals surface area contributed by atoms with Crippen LogP contribution >= 0.6 is 11.6 Å². The number of piperidine rings is 1. The molecule has 0 unspecified atom stereocenters. The van der Waals surface area contributed by atoms with Crippen LogP contribution in [0.2, 0.25) is 5.02 Å². The minimum Gasteiger partial charge on any atom is -0.398 e. The number of rotatable bonds is 1. The summed E-state index contributed by atoms with van der Waals surface area (Å²) in [6, 6.07) is 5.29. The molecule has 1 aromatic rings. The highest BCUT2D eigenvalue weighted by molar-refractivity contribution is 6.36. The van der Waals surface area contributed by atoms with E-state index in [1.807, 2.05) is 4.90 Å². The minimum absolute atomic E-state index is 0.0259. The Morgan fingerprint density at radius 1 is 1.10 bits per heavy atom. The number of carbonyl (C=O) groups excluding carboxylic acids is 1. The molecule has 1 heterocycles. The van der Waals surface area contributed by atoms with E-state index in [-0.39, 0.29) is 5.91 Å². The van der Waals surface area contributed by atoms with Gasteiger partial charge in [-0.25, -0.2) is 0 Å². The van der Waals surface area contributed by atoms with E-state index in [1.54, 1.807) is 18.2 Å². The molecule has 3 nitrogen and oxygen atoms in total. The number of halogens is 1. The third-order valence-corrected chi connectivity index (χ3v) is 5.71. The summed E-state index contributed by atoms with van der Waals surface area (Å²) in [4.78, 5) is 14.6. The minimum atomic E-state index is 0.0259. The number of nitrogen functional groups attached to an aromatic ring is 1. The van der Waals surface area contributed by atoms with E-state index in [2.05, 4.69) is 0 Å². The number of amides is 1. The largest absolute Gasteiger partial charge is 0.398 e. The fourth-order valence-corrected chi connectivity index (χ4v) is 4.08. The molecule has 0 atom stereocenters. The summed E-state index contributed by atoms with van der Waals surface area (Å²) in [6.45, 7) is 1.70. The summed E-state index contributed by atoms with van der Waals surface area (Å²) in [7, 11) is 0. The first-order valence-electron chi connectivity index (χ1n) is 7.95. The van der Waals surface area contributed by atoms with Crippen molar-refractivity contribution >= 4 is 23.2 Å². The van der Waals surface area contributed by atoms with Gasteiger partial charge < -0.3 is 10.6 Å². The van der Waals surface area contributed by atoms with Crippen molar-refractivity contribution in [3.63, 3.8) is 0 Å². The molecular formula is C17H23ClN2O. The zero-order valence-electron chi connectivity index (χ0n) is 12.4. The highest BCUT2D eigenvalue weighted by atomic mass is 35.5. The van der Waals surface area contributed by atoms with Gasteiger partial charge in [-0.2, -0.15) is 0 Å². The highest BCUT2D eigenvalue weighted by Crippen LogP contribution is 2.44. The van der Waals surface area contributed by atoms with Crippen LogP contribution in [-0.2, 0) is 0 Å². The second-order valence-corrected chi connectivity index (χ2v) is 6.94. The predicted octanol–water partition coefficient (Wildman–Crippen LogP) is 4.11. The lowest BCUT2D eigenvalue weighted by Gasteiger charge is -2.44. The molecule has 21 heavy (non-hydrogen) atoms. The number of benzene rings is 1. The molecule has 2 N–H and O–H groups in total. The van der Waals surface area contributed by atoms with Crippen LogP contribution in [-0.4, -0.2) is 23.9 Å². The van der Waals surface area contributed by atoms with Gasteiger partial charge in [-0.15, -0.1) is 0 Å². The van der Waals surface area contributed by atoms with Crippen molar-refractivity contribution in [3.05, 3.63) is 28.8 Å². The Morgan fingerprint density at radius 2 is 1.76 bits per heavy atom. The topological polar surface area (TPSA) is 46.3 Å². The van der Waals surface area contributed by atoms with E-state index in [0.29, 0.717) is 21.7 Å². The van der Waals surface area contributed by atoms with Crippen LogP contribution in [0, 0.1) is 5.41 Å². The smallest absolute Gasteiger partial charge is 0.255 e. The average Bonchev–Trinajstić information content (AvgIpc) is 2.51. The van der Waals surface area contributed by atoms with Crippen LogP contribution in [0.25, 0.3) is 0 Å².